The molecule has 0 aromatic heterocycles. The van der Waals surface area contributed by atoms with Crippen LogP contribution in [0.1, 0.15) is 55.2 Å². The van der Waals surface area contributed by atoms with Crippen molar-refractivity contribution in [2.24, 2.45) is 0 Å². The maximum absolute atomic E-state index is 10.3. The largest absolute Gasteiger partial charge is 0.388 e. The molecule has 0 saturated carbocycles. The number of aliphatic hydroxyl groups is 3. The van der Waals surface area contributed by atoms with Crippen molar-refractivity contribution >= 4 is 16.7 Å². The van der Waals surface area contributed by atoms with Crippen LogP contribution in [0, 0.1) is 0 Å². The number of allylic oxidation sites excluding steroid dienone is 3. The molecule has 0 saturated heterocycles. The van der Waals surface area contributed by atoms with E-state index >= 15 is 0 Å². The Morgan fingerprint density at radius 1 is 0.542 bits per heavy atom. The molecule has 0 amide bonds. The van der Waals surface area contributed by atoms with E-state index in [1.165, 1.54) is 0 Å². The standard InChI is InChI=1S/C21H24O3/c22-19-7-1-4-16(19)13-10-14(17-5-2-8-20(17)23)12-15(11-13)18-6-3-9-21(18)24/h4-6,10-12,19-24H,1-3,7-9H2/t19-,20-,21+/m0/s1. The van der Waals surface area contributed by atoms with Crippen molar-refractivity contribution < 1.29 is 15.3 Å². The molecule has 3 aliphatic rings. The summed E-state index contributed by atoms with van der Waals surface area (Å²) in [7, 11) is 0. The van der Waals surface area contributed by atoms with Gasteiger partial charge in [-0.3, -0.25) is 0 Å². The summed E-state index contributed by atoms with van der Waals surface area (Å²) < 4.78 is 0. The van der Waals surface area contributed by atoms with Gasteiger partial charge in [0.2, 0.25) is 0 Å². The minimum absolute atomic E-state index is 0.418. The van der Waals surface area contributed by atoms with Gasteiger partial charge in [0, 0.05) is 0 Å². The van der Waals surface area contributed by atoms with Crippen molar-refractivity contribution in [2.45, 2.75) is 56.8 Å². The second kappa shape index (κ2) is 6.32. The lowest BCUT2D eigenvalue weighted by molar-refractivity contribution is 0.231. The van der Waals surface area contributed by atoms with Crippen LogP contribution in [0.5, 0.6) is 0 Å². The van der Waals surface area contributed by atoms with Gasteiger partial charge >= 0.3 is 0 Å². The Kier molecular flexibility index (Phi) is 4.17. The van der Waals surface area contributed by atoms with Gasteiger partial charge in [-0.15, -0.1) is 0 Å². The summed E-state index contributed by atoms with van der Waals surface area (Å²) in [6, 6.07) is 6.23. The average Bonchev–Trinajstić information content (AvgIpc) is 3.28. The maximum Gasteiger partial charge on any atom is 0.0795 e. The van der Waals surface area contributed by atoms with E-state index < -0.39 is 18.3 Å². The summed E-state index contributed by atoms with van der Waals surface area (Å²) >= 11 is 0. The predicted molar refractivity (Wildman–Crippen MR) is 96.1 cm³/mol. The number of hydrogen-bond donors (Lipinski definition) is 3. The second-order valence-electron chi connectivity index (χ2n) is 7.06. The Balaban J connectivity index is 1.82. The van der Waals surface area contributed by atoms with E-state index in [2.05, 4.69) is 36.4 Å². The Hall–Kier alpha value is -1.68. The summed E-state index contributed by atoms with van der Waals surface area (Å²) in [6.07, 6.45) is 10.1. The Morgan fingerprint density at radius 3 is 1.04 bits per heavy atom. The highest BCUT2D eigenvalue weighted by Gasteiger charge is 2.25. The molecule has 1 aromatic carbocycles. The van der Waals surface area contributed by atoms with Gasteiger partial charge in [0.15, 0.2) is 0 Å². The molecular weight excluding hydrogens is 300 g/mol. The smallest absolute Gasteiger partial charge is 0.0795 e. The molecule has 0 fully saturated rings. The summed E-state index contributed by atoms with van der Waals surface area (Å²) in [5, 5.41) is 30.8. The Labute approximate surface area is 142 Å². The lowest BCUT2D eigenvalue weighted by atomic mass is 9.91. The van der Waals surface area contributed by atoms with Crippen LogP contribution in [0.15, 0.2) is 36.4 Å². The van der Waals surface area contributed by atoms with Gasteiger partial charge < -0.3 is 15.3 Å². The van der Waals surface area contributed by atoms with Gasteiger partial charge in [0.05, 0.1) is 18.3 Å². The maximum atomic E-state index is 10.3. The van der Waals surface area contributed by atoms with Gasteiger partial charge in [-0.1, -0.05) is 18.2 Å². The van der Waals surface area contributed by atoms with Gasteiger partial charge in [0.25, 0.3) is 0 Å². The molecule has 3 heteroatoms. The molecule has 3 aliphatic carbocycles. The lowest BCUT2D eigenvalue weighted by Crippen LogP contribution is -2.09. The molecular formula is C21H24O3. The third-order valence-corrected chi connectivity index (χ3v) is 5.42. The van der Waals surface area contributed by atoms with Crippen molar-refractivity contribution in [1.82, 2.24) is 0 Å². The first-order valence-corrected chi connectivity index (χ1v) is 8.94. The zero-order chi connectivity index (χ0) is 16.7. The molecule has 1 aromatic rings. The number of rotatable bonds is 3. The minimum Gasteiger partial charge on any atom is -0.388 e. The molecule has 4 rings (SSSR count). The first-order chi connectivity index (χ1) is 11.6. The molecule has 3 nitrogen and oxygen atoms in total. The van der Waals surface area contributed by atoms with Crippen molar-refractivity contribution in [2.75, 3.05) is 0 Å². The van der Waals surface area contributed by atoms with Gasteiger partial charge in [-0.25, -0.2) is 0 Å². The summed E-state index contributed by atoms with van der Waals surface area (Å²) in [5.41, 5.74) is 5.94. The van der Waals surface area contributed by atoms with Crippen molar-refractivity contribution in [3.63, 3.8) is 0 Å². The normalized spacial score (nSPS) is 29.6. The second-order valence-corrected chi connectivity index (χ2v) is 7.06. The van der Waals surface area contributed by atoms with Gasteiger partial charge in [-0.05, 0) is 90.1 Å². The van der Waals surface area contributed by atoms with E-state index in [1.807, 2.05) is 0 Å². The molecule has 0 aliphatic heterocycles. The summed E-state index contributed by atoms with van der Waals surface area (Å²) in [4.78, 5) is 0. The molecule has 3 atom stereocenters. The van der Waals surface area contributed by atoms with E-state index in [0.29, 0.717) is 0 Å². The van der Waals surface area contributed by atoms with Crippen LogP contribution >= 0.6 is 0 Å². The fraction of sp³-hybridized carbons (Fsp3) is 0.429. The van der Waals surface area contributed by atoms with Crippen LogP contribution in [0.4, 0.5) is 0 Å². The molecule has 0 bridgehead atoms. The molecule has 0 unspecified atom stereocenters. The van der Waals surface area contributed by atoms with Crippen LogP contribution in [-0.2, 0) is 0 Å². The molecule has 0 heterocycles. The SMILES string of the molecule is O[C@@H]1CCC=C1c1cc(C2=CCC[C@@H]2O)cc(C2=CCC[C@@H]2O)c1. The predicted octanol–water partition coefficient (Wildman–Crippen LogP) is 3.30. The van der Waals surface area contributed by atoms with Crippen LogP contribution in [-0.4, -0.2) is 33.6 Å². The quantitative estimate of drug-likeness (QED) is 0.799. The molecule has 3 N–H and O–H groups in total. The van der Waals surface area contributed by atoms with Gasteiger partial charge in [-0.2, -0.15) is 0 Å². The Morgan fingerprint density at radius 2 is 0.833 bits per heavy atom. The highest BCUT2D eigenvalue weighted by molar-refractivity contribution is 5.82. The average molecular weight is 324 g/mol. The first-order valence-electron chi connectivity index (χ1n) is 8.94. The van der Waals surface area contributed by atoms with Crippen molar-refractivity contribution in [3.8, 4) is 0 Å². The van der Waals surface area contributed by atoms with Crippen molar-refractivity contribution in [1.29, 1.82) is 0 Å². The first kappa shape index (κ1) is 15.8. The van der Waals surface area contributed by atoms with E-state index in [9.17, 15) is 15.3 Å². The van der Waals surface area contributed by atoms with Gasteiger partial charge in [0.1, 0.15) is 0 Å². The topological polar surface area (TPSA) is 60.7 Å². The molecule has 0 spiro atoms. The zero-order valence-electron chi connectivity index (χ0n) is 13.8. The highest BCUT2D eigenvalue weighted by atomic mass is 16.3. The highest BCUT2D eigenvalue weighted by Crippen LogP contribution is 2.37. The van der Waals surface area contributed by atoms with Crippen molar-refractivity contribution in [3.05, 3.63) is 53.1 Å². The van der Waals surface area contributed by atoms with Crippen LogP contribution in [0.2, 0.25) is 0 Å². The lowest BCUT2D eigenvalue weighted by Gasteiger charge is -2.17. The van der Waals surface area contributed by atoms with E-state index in [0.717, 1.165) is 71.9 Å². The fourth-order valence-electron chi connectivity index (χ4n) is 4.12. The third-order valence-electron chi connectivity index (χ3n) is 5.42. The third kappa shape index (κ3) is 2.77. The fourth-order valence-corrected chi connectivity index (χ4v) is 4.12. The minimum atomic E-state index is -0.418. The van der Waals surface area contributed by atoms with E-state index in [-0.39, 0.29) is 0 Å². The molecule has 126 valence electrons. The van der Waals surface area contributed by atoms with Crippen LogP contribution in [0.25, 0.3) is 16.7 Å². The zero-order valence-corrected chi connectivity index (χ0v) is 13.8. The Bertz CT molecular complexity index is 629. The number of benzene rings is 1. The van der Waals surface area contributed by atoms with E-state index in [1.54, 1.807) is 0 Å². The summed E-state index contributed by atoms with van der Waals surface area (Å²) in [5.74, 6) is 0. The number of aliphatic hydroxyl groups excluding tert-OH is 3. The molecule has 0 radical (unpaired) electrons. The van der Waals surface area contributed by atoms with Crippen LogP contribution in [0.3, 0.4) is 0 Å². The number of hydrogen-bond acceptors (Lipinski definition) is 3. The summed E-state index contributed by atoms with van der Waals surface area (Å²) in [6.45, 7) is 0. The molecule has 24 heavy (non-hydrogen) atoms. The van der Waals surface area contributed by atoms with Crippen LogP contribution < -0.4 is 0 Å². The van der Waals surface area contributed by atoms with E-state index in [4.69, 9.17) is 0 Å². The monoisotopic (exact) mass is 324 g/mol.